The second-order valence-electron chi connectivity index (χ2n) is 5.18. The molecule has 0 radical (unpaired) electrons. The number of rotatable bonds is 4. The van der Waals surface area contributed by atoms with Crippen LogP contribution in [0.25, 0.3) is 0 Å². The smallest absolute Gasteiger partial charge is 0.124 e. The van der Waals surface area contributed by atoms with E-state index in [9.17, 15) is 4.39 Å². The molecule has 2 aromatic rings. The molecule has 0 amide bonds. The van der Waals surface area contributed by atoms with Gasteiger partial charge in [-0.15, -0.1) is 11.8 Å². The standard InChI is InChI=1S/C16H16ClFN2S/c17-13-9-12(18)6-5-10(13)7-14(20-19)16-8-11-3-1-2-4-15(11)21-16/h1-6,9,14,16,20H,7-8,19H2. The van der Waals surface area contributed by atoms with Crippen molar-refractivity contribution >= 4 is 23.4 Å². The van der Waals surface area contributed by atoms with Crippen LogP contribution in [0, 0.1) is 5.82 Å². The normalized spacial score (nSPS) is 18.5. The van der Waals surface area contributed by atoms with Gasteiger partial charge < -0.3 is 0 Å². The summed E-state index contributed by atoms with van der Waals surface area (Å²) in [5, 5.41) is 0.810. The number of thioether (sulfide) groups is 1. The number of hydrazine groups is 1. The first-order valence-corrected chi connectivity index (χ1v) is 8.08. The molecule has 0 bridgehead atoms. The molecule has 0 aromatic heterocycles. The molecule has 2 nitrogen and oxygen atoms in total. The Labute approximate surface area is 132 Å². The molecule has 3 N–H and O–H groups in total. The summed E-state index contributed by atoms with van der Waals surface area (Å²) in [6, 6.07) is 13.0. The lowest BCUT2D eigenvalue weighted by Gasteiger charge is -2.22. The lowest BCUT2D eigenvalue weighted by atomic mass is 9.99. The summed E-state index contributed by atoms with van der Waals surface area (Å²) >= 11 is 7.95. The summed E-state index contributed by atoms with van der Waals surface area (Å²) in [6.45, 7) is 0. The van der Waals surface area contributed by atoms with Crippen molar-refractivity contribution in [1.29, 1.82) is 0 Å². The zero-order valence-electron chi connectivity index (χ0n) is 11.4. The molecule has 0 aliphatic carbocycles. The maximum Gasteiger partial charge on any atom is 0.124 e. The van der Waals surface area contributed by atoms with Gasteiger partial charge in [-0.2, -0.15) is 0 Å². The van der Waals surface area contributed by atoms with E-state index in [2.05, 4.69) is 29.7 Å². The zero-order chi connectivity index (χ0) is 14.8. The van der Waals surface area contributed by atoms with E-state index in [-0.39, 0.29) is 11.9 Å². The Morgan fingerprint density at radius 3 is 2.86 bits per heavy atom. The fraction of sp³-hybridized carbons (Fsp3) is 0.250. The maximum absolute atomic E-state index is 13.1. The van der Waals surface area contributed by atoms with E-state index in [0.29, 0.717) is 16.7 Å². The van der Waals surface area contributed by atoms with Gasteiger partial charge in [-0.25, -0.2) is 4.39 Å². The highest BCUT2D eigenvalue weighted by Crippen LogP contribution is 2.39. The summed E-state index contributed by atoms with van der Waals surface area (Å²) in [5.74, 6) is 5.42. The van der Waals surface area contributed by atoms with E-state index in [0.717, 1.165) is 12.0 Å². The predicted molar refractivity (Wildman–Crippen MR) is 86.0 cm³/mol. The van der Waals surface area contributed by atoms with Crippen molar-refractivity contribution in [2.75, 3.05) is 0 Å². The average molecular weight is 323 g/mol. The van der Waals surface area contributed by atoms with Gasteiger partial charge in [-0.05, 0) is 42.2 Å². The second-order valence-corrected chi connectivity index (χ2v) is 6.87. The van der Waals surface area contributed by atoms with E-state index in [4.69, 9.17) is 17.4 Å². The van der Waals surface area contributed by atoms with Gasteiger partial charge in [0.2, 0.25) is 0 Å². The summed E-state index contributed by atoms with van der Waals surface area (Å²) in [5.41, 5.74) is 5.17. The molecular weight excluding hydrogens is 307 g/mol. The van der Waals surface area contributed by atoms with Gasteiger partial charge in [0.05, 0.1) is 0 Å². The lowest BCUT2D eigenvalue weighted by molar-refractivity contribution is 0.506. The minimum absolute atomic E-state index is 0.0883. The summed E-state index contributed by atoms with van der Waals surface area (Å²) < 4.78 is 13.1. The Kier molecular flexibility index (Phi) is 4.50. The van der Waals surface area contributed by atoms with Crippen LogP contribution in [0.3, 0.4) is 0 Å². The Bertz CT molecular complexity index is 625. The average Bonchev–Trinajstić information content (AvgIpc) is 2.90. The van der Waals surface area contributed by atoms with Crippen LogP contribution in [0.4, 0.5) is 4.39 Å². The van der Waals surface area contributed by atoms with E-state index >= 15 is 0 Å². The number of hydrogen-bond acceptors (Lipinski definition) is 3. The van der Waals surface area contributed by atoms with Crippen molar-refractivity contribution in [3.63, 3.8) is 0 Å². The van der Waals surface area contributed by atoms with Gasteiger partial charge in [0, 0.05) is 21.2 Å². The van der Waals surface area contributed by atoms with Crippen LogP contribution < -0.4 is 11.3 Å². The van der Waals surface area contributed by atoms with Gasteiger partial charge in [0.15, 0.2) is 0 Å². The predicted octanol–water partition coefficient (Wildman–Crippen LogP) is 3.57. The minimum Gasteiger partial charge on any atom is -0.271 e. The summed E-state index contributed by atoms with van der Waals surface area (Å²) in [4.78, 5) is 1.31. The van der Waals surface area contributed by atoms with Crippen molar-refractivity contribution in [2.24, 2.45) is 5.84 Å². The van der Waals surface area contributed by atoms with Crippen LogP contribution in [0.2, 0.25) is 5.02 Å². The number of benzene rings is 2. The molecule has 1 heterocycles. The molecule has 110 valence electrons. The maximum atomic E-state index is 13.1. The number of halogens is 2. The van der Waals surface area contributed by atoms with E-state index in [1.54, 1.807) is 6.07 Å². The first-order valence-electron chi connectivity index (χ1n) is 6.82. The summed E-state index contributed by atoms with van der Waals surface area (Å²) in [6.07, 6.45) is 1.66. The number of hydrogen-bond donors (Lipinski definition) is 2. The lowest BCUT2D eigenvalue weighted by Crippen LogP contribution is -2.44. The highest BCUT2D eigenvalue weighted by atomic mass is 35.5. The van der Waals surface area contributed by atoms with Crippen molar-refractivity contribution in [1.82, 2.24) is 5.43 Å². The van der Waals surface area contributed by atoms with E-state index in [1.165, 1.54) is 22.6 Å². The van der Waals surface area contributed by atoms with Crippen molar-refractivity contribution in [3.8, 4) is 0 Å². The molecule has 0 fully saturated rings. The van der Waals surface area contributed by atoms with Crippen molar-refractivity contribution < 1.29 is 4.39 Å². The first kappa shape index (κ1) is 14.9. The molecule has 0 spiro atoms. The zero-order valence-corrected chi connectivity index (χ0v) is 12.9. The van der Waals surface area contributed by atoms with E-state index in [1.807, 2.05) is 11.8 Å². The minimum atomic E-state index is -0.316. The van der Waals surface area contributed by atoms with Gasteiger partial charge >= 0.3 is 0 Å². The van der Waals surface area contributed by atoms with Gasteiger partial charge in [0.1, 0.15) is 5.82 Å². The molecule has 5 heteroatoms. The molecule has 1 aliphatic heterocycles. The van der Waals surface area contributed by atoms with Crippen LogP contribution in [-0.4, -0.2) is 11.3 Å². The van der Waals surface area contributed by atoms with Crippen LogP contribution in [0.1, 0.15) is 11.1 Å². The van der Waals surface area contributed by atoms with Crippen LogP contribution in [-0.2, 0) is 12.8 Å². The molecule has 2 unspecified atom stereocenters. The Morgan fingerprint density at radius 1 is 1.33 bits per heavy atom. The van der Waals surface area contributed by atoms with Gasteiger partial charge in [0.25, 0.3) is 0 Å². The Morgan fingerprint density at radius 2 is 2.14 bits per heavy atom. The highest BCUT2D eigenvalue weighted by molar-refractivity contribution is 8.00. The Balaban J connectivity index is 1.75. The second kappa shape index (κ2) is 6.36. The fourth-order valence-electron chi connectivity index (χ4n) is 2.66. The SMILES string of the molecule is NNC(Cc1ccc(F)cc1Cl)C1Cc2ccccc2S1. The van der Waals surface area contributed by atoms with E-state index < -0.39 is 0 Å². The molecule has 0 saturated heterocycles. The molecule has 0 saturated carbocycles. The van der Waals surface area contributed by atoms with Gasteiger partial charge in [-0.3, -0.25) is 11.3 Å². The molecule has 2 atom stereocenters. The third-order valence-corrected chi connectivity index (χ3v) is 5.59. The third kappa shape index (κ3) is 3.24. The quantitative estimate of drug-likeness (QED) is 0.667. The van der Waals surface area contributed by atoms with Crippen molar-refractivity contribution in [2.45, 2.75) is 29.0 Å². The van der Waals surface area contributed by atoms with Crippen LogP contribution >= 0.6 is 23.4 Å². The topological polar surface area (TPSA) is 38.0 Å². The van der Waals surface area contributed by atoms with Gasteiger partial charge in [-0.1, -0.05) is 35.9 Å². The number of nitrogens with two attached hydrogens (primary N) is 1. The monoisotopic (exact) mass is 322 g/mol. The first-order chi connectivity index (χ1) is 10.2. The molecular formula is C16H16ClFN2S. The van der Waals surface area contributed by atoms with Crippen molar-refractivity contribution in [3.05, 3.63) is 64.4 Å². The molecule has 21 heavy (non-hydrogen) atoms. The summed E-state index contributed by atoms with van der Waals surface area (Å²) in [7, 11) is 0. The number of nitrogens with one attached hydrogen (secondary N) is 1. The third-order valence-electron chi connectivity index (χ3n) is 3.79. The number of fused-ring (bicyclic) bond motifs is 1. The molecule has 1 aliphatic rings. The highest BCUT2D eigenvalue weighted by Gasteiger charge is 2.29. The molecule has 2 aromatic carbocycles. The van der Waals surface area contributed by atoms with Crippen LogP contribution in [0.5, 0.6) is 0 Å². The Hall–Kier alpha value is -1.07. The van der Waals surface area contributed by atoms with Crippen LogP contribution in [0.15, 0.2) is 47.4 Å². The fourth-order valence-corrected chi connectivity index (χ4v) is 4.29. The molecule has 3 rings (SSSR count). The largest absolute Gasteiger partial charge is 0.271 e.